The Morgan fingerprint density at radius 1 is 1.32 bits per heavy atom. The summed E-state index contributed by atoms with van der Waals surface area (Å²) in [5, 5.41) is 31.2. The number of carboxylic acid groups (broad SMARTS) is 1. The summed E-state index contributed by atoms with van der Waals surface area (Å²) in [6.45, 7) is -1.05. The van der Waals surface area contributed by atoms with Crippen LogP contribution in [0, 0.1) is 21.4 Å². The monoisotopic (exact) mass is 459 g/mol. The van der Waals surface area contributed by atoms with Crippen molar-refractivity contribution < 1.29 is 37.5 Å². The molecule has 0 aliphatic rings. The Morgan fingerprint density at radius 2 is 2.03 bits per heavy atom. The number of alkyl halides is 3. The Kier molecular flexibility index (Phi) is 7.62. The molecule has 1 unspecified atom stereocenters. The molecule has 2 aromatic rings. The number of carbonyl (C=O) groups is 1. The summed E-state index contributed by atoms with van der Waals surface area (Å²) in [6, 6.07) is 6.46. The molecule has 31 heavy (non-hydrogen) atoms. The molecule has 2 aromatic carbocycles. The van der Waals surface area contributed by atoms with E-state index in [-0.39, 0.29) is 28.8 Å². The SMILES string of the molecule is N#CC(COCC(=O)O)Nc1cc(Oc2ccc(C(F)(F)F)cc2Cl)ccc1[N+](=O)[O-]. The molecular weight excluding hydrogens is 447 g/mol. The standard InChI is InChI=1S/C18H13ClF3N3O6/c19-13-5-10(18(20,21)22)1-4-16(13)31-12-2-3-15(25(28)29)14(6-12)24-11(7-23)8-30-9-17(26)27/h1-6,11,24H,8-9H2,(H,26,27). The largest absolute Gasteiger partial charge is 0.480 e. The van der Waals surface area contributed by atoms with Crippen molar-refractivity contribution in [3.63, 3.8) is 0 Å². The number of rotatable bonds is 9. The third-order valence-corrected chi connectivity index (χ3v) is 3.94. The van der Waals surface area contributed by atoms with Gasteiger partial charge in [0.25, 0.3) is 5.69 Å². The van der Waals surface area contributed by atoms with E-state index in [0.717, 1.165) is 24.3 Å². The van der Waals surface area contributed by atoms with Crippen LogP contribution in [-0.2, 0) is 15.7 Å². The number of anilines is 1. The normalized spacial score (nSPS) is 12.0. The summed E-state index contributed by atoms with van der Waals surface area (Å²) in [5.74, 6) is -1.40. The van der Waals surface area contributed by atoms with Gasteiger partial charge in [0.15, 0.2) is 0 Å². The third-order valence-electron chi connectivity index (χ3n) is 3.65. The highest BCUT2D eigenvalue weighted by Gasteiger charge is 2.31. The molecule has 0 saturated heterocycles. The molecule has 0 saturated carbocycles. The van der Waals surface area contributed by atoms with Gasteiger partial charge in [0.2, 0.25) is 0 Å². The zero-order valence-corrected chi connectivity index (χ0v) is 16.1. The van der Waals surface area contributed by atoms with Crippen molar-refractivity contribution in [2.24, 2.45) is 0 Å². The summed E-state index contributed by atoms with van der Waals surface area (Å²) < 4.78 is 48.5. The van der Waals surface area contributed by atoms with Crippen molar-refractivity contribution in [2.75, 3.05) is 18.5 Å². The second kappa shape index (κ2) is 9.96. The van der Waals surface area contributed by atoms with Gasteiger partial charge in [-0.25, -0.2) is 4.79 Å². The minimum Gasteiger partial charge on any atom is -0.480 e. The van der Waals surface area contributed by atoms with Crippen LogP contribution in [0.4, 0.5) is 24.5 Å². The van der Waals surface area contributed by atoms with Crippen LogP contribution >= 0.6 is 11.6 Å². The molecule has 2 rings (SSSR count). The van der Waals surface area contributed by atoms with Crippen molar-refractivity contribution in [2.45, 2.75) is 12.2 Å². The number of nitro benzene ring substituents is 1. The number of aliphatic carboxylic acids is 1. The number of nitrogens with one attached hydrogen (secondary N) is 1. The van der Waals surface area contributed by atoms with Crippen LogP contribution in [0.5, 0.6) is 11.5 Å². The summed E-state index contributed by atoms with van der Waals surface area (Å²) in [4.78, 5) is 21.0. The highest BCUT2D eigenvalue weighted by Crippen LogP contribution is 2.38. The lowest BCUT2D eigenvalue weighted by Gasteiger charge is -2.15. The van der Waals surface area contributed by atoms with E-state index < -0.39 is 41.0 Å². The van der Waals surface area contributed by atoms with Crippen molar-refractivity contribution in [1.29, 1.82) is 5.26 Å². The number of nitrogens with zero attached hydrogens (tertiary/aromatic N) is 2. The maximum absolute atomic E-state index is 12.7. The van der Waals surface area contributed by atoms with Gasteiger partial charge in [0.1, 0.15) is 29.8 Å². The van der Waals surface area contributed by atoms with Crippen LogP contribution < -0.4 is 10.1 Å². The summed E-state index contributed by atoms with van der Waals surface area (Å²) >= 11 is 5.84. The van der Waals surface area contributed by atoms with Crippen molar-refractivity contribution >= 4 is 28.9 Å². The van der Waals surface area contributed by atoms with E-state index in [1.165, 1.54) is 6.07 Å². The van der Waals surface area contributed by atoms with E-state index >= 15 is 0 Å². The molecule has 1 atom stereocenters. The van der Waals surface area contributed by atoms with Gasteiger partial charge in [-0.05, 0) is 24.3 Å². The average molecular weight is 460 g/mol. The Hall–Kier alpha value is -3.56. The van der Waals surface area contributed by atoms with E-state index in [1.54, 1.807) is 6.07 Å². The lowest BCUT2D eigenvalue weighted by atomic mass is 10.2. The van der Waals surface area contributed by atoms with Gasteiger partial charge >= 0.3 is 12.1 Å². The van der Waals surface area contributed by atoms with E-state index in [0.29, 0.717) is 6.07 Å². The maximum Gasteiger partial charge on any atom is 0.416 e. The summed E-state index contributed by atoms with van der Waals surface area (Å²) in [5.41, 5.74) is -1.56. The van der Waals surface area contributed by atoms with Gasteiger partial charge in [0, 0.05) is 12.1 Å². The van der Waals surface area contributed by atoms with E-state index in [9.17, 15) is 28.1 Å². The minimum absolute atomic E-state index is 0.0158. The van der Waals surface area contributed by atoms with Gasteiger partial charge < -0.3 is 19.9 Å². The summed E-state index contributed by atoms with van der Waals surface area (Å²) in [6.07, 6.45) is -4.60. The molecule has 0 amide bonds. The van der Waals surface area contributed by atoms with Gasteiger partial charge in [-0.2, -0.15) is 18.4 Å². The second-order valence-corrected chi connectivity index (χ2v) is 6.32. The van der Waals surface area contributed by atoms with Crippen molar-refractivity contribution in [3.8, 4) is 17.6 Å². The minimum atomic E-state index is -4.60. The van der Waals surface area contributed by atoms with Crippen LogP contribution in [0.2, 0.25) is 5.02 Å². The van der Waals surface area contributed by atoms with Gasteiger partial charge in [-0.1, -0.05) is 11.6 Å². The first kappa shape index (κ1) is 23.7. The van der Waals surface area contributed by atoms with Crippen LogP contribution in [0.15, 0.2) is 36.4 Å². The molecule has 2 N–H and O–H groups in total. The fourth-order valence-electron chi connectivity index (χ4n) is 2.30. The first-order chi connectivity index (χ1) is 14.5. The third kappa shape index (κ3) is 6.73. The fraction of sp³-hybridized carbons (Fsp3) is 0.222. The highest BCUT2D eigenvalue weighted by molar-refractivity contribution is 6.32. The van der Waals surface area contributed by atoms with Crippen LogP contribution in [0.3, 0.4) is 0 Å². The summed E-state index contributed by atoms with van der Waals surface area (Å²) in [7, 11) is 0. The number of nitro groups is 1. The van der Waals surface area contributed by atoms with Crippen molar-refractivity contribution in [1.82, 2.24) is 0 Å². The topological polar surface area (TPSA) is 135 Å². The molecule has 13 heteroatoms. The number of hydrogen-bond acceptors (Lipinski definition) is 7. The first-order valence-electron chi connectivity index (χ1n) is 8.30. The molecule has 0 radical (unpaired) electrons. The predicted octanol–water partition coefficient (Wildman–Crippen LogP) is 4.46. The molecule has 0 aromatic heterocycles. The number of benzene rings is 2. The quantitative estimate of drug-likeness (QED) is 0.414. The van der Waals surface area contributed by atoms with Gasteiger partial charge in [0.05, 0.1) is 28.2 Å². The lowest BCUT2D eigenvalue weighted by Crippen LogP contribution is -2.25. The molecule has 9 nitrogen and oxygen atoms in total. The number of ether oxygens (including phenoxy) is 2. The smallest absolute Gasteiger partial charge is 0.416 e. The van der Waals surface area contributed by atoms with Crippen molar-refractivity contribution in [3.05, 3.63) is 57.1 Å². The molecule has 0 fully saturated rings. The number of nitriles is 1. The average Bonchev–Trinajstić information content (AvgIpc) is 2.67. The van der Waals surface area contributed by atoms with Gasteiger partial charge in [-0.3, -0.25) is 10.1 Å². The first-order valence-corrected chi connectivity index (χ1v) is 8.67. The predicted molar refractivity (Wildman–Crippen MR) is 101 cm³/mol. The fourth-order valence-corrected chi connectivity index (χ4v) is 2.52. The Labute approximate surface area is 177 Å². The van der Waals surface area contributed by atoms with Crippen LogP contribution in [0.25, 0.3) is 0 Å². The molecule has 0 aliphatic carbocycles. The number of halogens is 4. The zero-order chi connectivity index (χ0) is 23.2. The Morgan fingerprint density at radius 3 is 2.58 bits per heavy atom. The number of hydrogen-bond donors (Lipinski definition) is 2. The van der Waals surface area contributed by atoms with Crippen LogP contribution in [0.1, 0.15) is 5.56 Å². The van der Waals surface area contributed by atoms with Gasteiger partial charge in [-0.15, -0.1) is 0 Å². The molecule has 0 bridgehead atoms. The highest BCUT2D eigenvalue weighted by atomic mass is 35.5. The molecule has 0 aliphatic heterocycles. The zero-order valence-electron chi connectivity index (χ0n) is 15.4. The van der Waals surface area contributed by atoms with Crippen LogP contribution in [-0.4, -0.2) is 35.3 Å². The Bertz CT molecular complexity index is 1030. The number of carboxylic acids is 1. The Balaban J connectivity index is 2.26. The second-order valence-electron chi connectivity index (χ2n) is 5.92. The lowest BCUT2D eigenvalue weighted by molar-refractivity contribution is -0.384. The van der Waals surface area contributed by atoms with E-state index in [4.69, 9.17) is 31.4 Å². The molecule has 0 spiro atoms. The maximum atomic E-state index is 12.7. The van der Waals surface area contributed by atoms with E-state index in [2.05, 4.69) is 5.32 Å². The molecule has 164 valence electrons. The molecule has 0 heterocycles. The molecular formula is C18H13ClF3N3O6. The van der Waals surface area contributed by atoms with E-state index in [1.807, 2.05) is 0 Å².